The van der Waals surface area contributed by atoms with Crippen LogP contribution >= 0.6 is 0 Å². The molecule has 40 valence electrons. The second kappa shape index (κ2) is 3.98. The van der Waals surface area contributed by atoms with Crippen LogP contribution < -0.4 is 0 Å². The minimum Gasteiger partial charge on any atom is -0.340 e. The van der Waals surface area contributed by atoms with Crippen LogP contribution in [0.5, 0.6) is 0 Å². The zero-order chi connectivity index (χ0) is 4.41. The third-order valence-electron chi connectivity index (χ3n) is 1.47. The summed E-state index contributed by atoms with van der Waals surface area (Å²) in [5.41, 5.74) is 0. The molecule has 0 aromatic heterocycles. The van der Waals surface area contributed by atoms with Gasteiger partial charge in [0.05, 0.1) is 0 Å². The van der Waals surface area contributed by atoms with Crippen LogP contribution in [0.1, 0.15) is 25.7 Å². The molecule has 0 aliphatic heterocycles. The summed E-state index contributed by atoms with van der Waals surface area (Å²) in [6.07, 6.45) is 5.60. The van der Waals surface area contributed by atoms with Crippen molar-refractivity contribution in [3.63, 3.8) is 0 Å². The zero-order valence-electron chi connectivity index (χ0n) is 4.61. The van der Waals surface area contributed by atoms with E-state index in [0.29, 0.717) is 0 Å². The van der Waals surface area contributed by atoms with Gasteiger partial charge in [-0.25, -0.2) is 0 Å². The average molecular weight is 321 g/mol. The van der Waals surface area contributed by atoms with E-state index in [-0.39, 0.29) is 31.1 Å². The smallest absolute Gasteiger partial charge is 0 e. The first-order chi connectivity index (χ1) is 2.89. The van der Waals surface area contributed by atoms with Crippen molar-refractivity contribution in [2.45, 2.75) is 25.7 Å². The van der Waals surface area contributed by atoms with Crippen molar-refractivity contribution in [2.75, 3.05) is 0 Å². The molecule has 0 atom stereocenters. The van der Waals surface area contributed by atoms with Gasteiger partial charge in [-0.15, -0.1) is 0 Å². The van der Waals surface area contributed by atoms with E-state index in [1.807, 2.05) is 0 Å². The van der Waals surface area contributed by atoms with Crippen molar-refractivity contribution in [3.05, 3.63) is 6.92 Å². The Labute approximate surface area is 69.4 Å². The van der Waals surface area contributed by atoms with Crippen molar-refractivity contribution in [3.8, 4) is 0 Å². The van der Waals surface area contributed by atoms with E-state index >= 15 is 0 Å². The third kappa shape index (κ3) is 2.78. The molecule has 0 saturated heterocycles. The predicted octanol–water partition coefficient (Wildman–Crippen LogP) is 2.01. The van der Waals surface area contributed by atoms with Crippen LogP contribution in [0.25, 0.3) is 0 Å². The fraction of sp³-hybridized carbons (Fsp3) is 0.833. The Morgan fingerprint density at radius 2 is 1.57 bits per heavy atom. The van der Waals surface area contributed by atoms with E-state index in [0.717, 1.165) is 5.92 Å². The molecule has 1 rings (SSSR count). The minimum absolute atomic E-state index is 0. The van der Waals surface area contributed by atoms with Crippen molar-refractivity contribution < 1.29 is 31.1 Å². The average Bonchev–Trinajstić information content (AvgIpc) is 1.86. The van der Waals surface area contributed by atoms with E-state index in [2.05, 4.69) is 6.92 Å². The maximum Gasteiger partial charge on any atom is 0 e. The predicted molar refractivity (Wildman–Crippen MR) is 27.3 cm³/mol. The van der Waals surface area contributed by atoms with Gasteiger partial charge in [0.25, 0.3) is 0 Å². The summed E-state index contributed by atoms with van der Waals surface area (Å²) < 4.78 is 0. The van der Waals surface area contributed by atoms with Gasteiger partial charge in [-0.05, 0) is 0 Å². The minimum atomic E-state index is 0. The van der Waals surface area contributed by atoms with Crippen molar-refractivity contribution in [1.82, 2.24) is 0 Å². The van der Waals surface area contributed by atoms with Crippen LogP contribution in [-0.4, -0.2) is 0 Å². The third-order valence-corrected chi connectivity index (χ3v) is 1.47. The summed E-state index contributed by atoms with van der Waals surface area (Å²) >= 11 is 0. The summed E-state index contributed by atoms with van der Waals surface area (Å²) in [6, 6.07) is 0. The molecule has 0 heterocycles. The Morgan fingerprint density at radius 3 is 1.71 bits per heavy atom. The fourth-order valence-corrected chi connectivity index (χ4v) is 1.01. The summed E-state index contributed by atoms with van der Waals surface area (Å²) in [4.78, 5) is 0. The van der Waals surface area contributed by atoms with Gasteiger partial charge in [0, 0.05) is 31.1 Å². The van der Waals surface area contributed by atoms with Crippen molar-refractivity contribution >= 4 is 0 Å². The fourth-order valence-electron chi connectivity index (χ4n) is 1.01. The molecule has 0 aromatic rings. The molecule has 7 heavy (non-hydrogen) atoms. The zero-order valence-corrected chi connectivity index (χ0v) is 8.78. The molecule has 1 heteroatoms. The Balaban J connectivity index is 0.000000360. The quantitative estimate of drug-likeness (QED) is 0.599. The van der Waals surface area contributed by atoms with Crippen LogP contribution in [0.2, 0.25) is 0 Å². The molecular weight excluding hydrogens is 310 g/mol. The molecule has 1 saturated carbocycles. The van der Waals surface area contributed by atoms with Crippen LogP contribution in [0.15, 0.2) is 0 Å². The first-order valence-electron chi connectivity index (χ1n) is 2.72. The van der Waals surface area contributed by atoms with Crippen LogP contribution in [0.3, 0.4) is 0 Å². The number of hydrogen-bond acceptors (Lipinski definition) is 0. The summed E-state index contributed by atoms with van der Waals surface area (Å²) in [6.45, 7) is 3.94. The molecule has 0 unspecified atom stereocenters. The molecule has 0 nitrogen and oxygen atoms in total. The van der Waals surface area contributed by atoms with E-state index in [4.69, 9.17) is 0 Å². The maximum absolute atomic E-state index is 3.94. The number of rotatable bonds is 0. The Morgan fingerprint density at radius 1 is 1.14 bits per heavy atom. The summed E-state index contributed by atoms with van der Waals surface area (Å²) in [5, 5.41) is 0. The molecular formula is C6H11U-. The Bertz CT molecular complexity index is 37.4. The van der Waals surface area contributed by atoms with Crippen LogP contribution in [0, 0.1) is 44.0 Å². The van der Waals surface area contributed by atoms with E-state index in [9.17, 15) is 0 Å². The molecule has 1 aliphatic carbocycles. The molecule has 1 aliphatic rings. The van der Waals surface area contributed by atoms with Crippen molar-refractivity contribution in [1.29, 1.82) is 0 Å². The Kier molecular flexibility index (Phi) is 4.58. The summed E-state index contributed by atoms with van der Waals surface area (Å²) in [7, 11) is 0. The normalized spacial score (nSPS) is 21.9. The van der Waals surface area contributed by atoms with E-state index < -0.39 is 0 Å². The SMILES string of the molecule is [CH2-]C1CCCC1.[U]. The van der Waals surface area contributed by atoms with E-state index in [1.165, 1.54) is 25.7 Å². The largest absolute Gasteiger partial charge is 0.340 e. The van der Waals surface area contributed by atoms with Gasteiger partial charge in [-0.2, -0.15) is 5.92 Å². The van der Waals surface area contributed by atoms with Gasteiger partial charge in [-0.3, -0.25) is 0 Å². The molecule has 0 amide bonds. The first kappa shape index (κ1) is 8.05. The van der Waals surface area contributed by atoms with Gasteiger partial charge >= 0.3 is 0 Å². The van der Waals surface area contributed by atoms with Gasteiger partial charge in [0.2, 0.25) is 0 Å². The molecule has 0 N–H and O–H groups in total. The standard InChI is InChI=1S/C6H11.U/c1-6-4-2-3-5-6;/h6H,1-5H2;/q-1;. The molecule has 0 bridgehead atoms. The first-order valence-corrected chi connectivity index (χ1v) is 2.72. The van der Waals surface area contributed by atoms with Gasteiger partial charge in [-0.1, -0.05) is 25.7 Å². The molecule has 0 spiro atoms. The van der Waals surface area contributed by atoms with E-state index in [1.54, 1.807) is 0 Å². The summed E-state index contributed by atoms with van der Waals surface area (Å²) in [5.74, 6) is 0.796. The van der Waals surface area contributed by atoms with Crippen LogP contribution in [-0.2, 0) is 0 Å². The number of hydrogen-bond donors (Lipinski definition) is 0. The molecule has 0 aromatic carbocycles. The van der Waals surface area contributed by atoms with Crippen molar-refractivity contribution in [2.24, 2.45) is 5.92 Å². The monoisotopic (exact) mass is 321 g/mol. The van der Waals surface area contributed by atoms with Crippen LogP contribution in [0.4, 0.5) is 0 Å². The second-order valence-corrected chi connectivity index (χ2v) is 2.15. The van der Waals surface area contributed by atoms with Gasteiger partial charge in [0.1, 0.15) is 0 Å². The maximum atomic E-state index is 3.94. The second-order valence-electron chi connectivity index (χ2n) is 2.15. The molecule has 1 fully saturated rings. The van der Waals surface area contributed by atoms with Gasteiger partial charge in [0.15, 0.2) is 0 Å². The topological polar surface area (TPSA) is 0 Å². The molecule has 0 radical (unpaired) electrons. The van der Waals surface area contributed by atoms with Gasteiger partial charge < -0.3 is 6.92 Å². The Hall–Kier alpha value is 1.05.